The van der Waals surface area contributed by atoms with Crippen molar-refractivity contribution in [1.29, 1.82) is 0 Å². The van der Waals surface area contributed by atoms with E-state index in [1.807, 2.05) is 19.1 Å². The first-order valence-corrected chi connectivity index (χ1v) is 8.47. The Morgan fingerprint density at radius 2 is 2.14 bits per heavy atom. The van der Waals surface area contributed by atoms with Gasteiger partial charge in [0.1, 0.15) is 4.90 Å². The smallest absolute Gasteiger partial charge is 0.245 e. The van der Waals surface area contributed by atoms with Crippen LogP contribution in [0.25, 0.3) is 10.9 Å². The molecule has 2 aromatic rings. The van der Waals surface area contributed by atoms with Gasteiger partial charge in [0.2, 0.25) is 15.9 Å². The third kappa shape index (κ3) is 2.57. The van der Waals surface area contributed by atoms with Crippen molar-refractivity contribution in [3.63, 3.8) is 0 Å². The molecule has 0 bridgehead atoms. The van der Waals surface area contributed by atoms with Crippen LogP contribution in [0.5, 0.6) is 0 Å². The number of fused-ring (bicyclic) bond motifs is 1. The number of benzene rings is 1. The second-order valence-electron chi connectivity index (χ2n) is 5.61. The zero-order valence-corrected chi connectivity index (χ0v) is 13.2. The second kappa shape index (κ2) is 5.33. The predicted octanol–water partition coefficient (Wildman–Crippen LogP) is 1.05. The van der Waals surface area contributed by atoms with Gasteiger partial charge in [-0.15, -0.1) is 0 Å². The van der Waals surface area contributed by atoms with Gasteiger partial charge in [0.05, 0.1) is 12.1 Å². The molecule has 6 nitrogen and oxygen atoms in total. The van der Waals surface area contributed by atoms with E-state index in [1.165, 1.54) is 10.4 Å². The van der Waals surface area contributed by atoms with E-state index in [-0.39, 0.29) is 29.9 Å². The maximum atomic E-state index is 12.9. The number of para-hydroxylation sites is 1. The highest BCUT2D eigenvalue weighted by Gasteiger charge is 2.33. The lowest BCUT2D eigenvalue weighted by molar-refractivity contribution is -0.123. The van der Waals surface area contributed by atoms with Crippen molar-refractivity contribution in [1.82, 2.24) is 14.6 Å². The fraction of sp³-hybridized carbons (Fsp3) is 0.333. The summed E-state index contributed by atoms with van der Waals surface area (Å²) >= 11 is 0. The number of nitrogens with one attached hydrogen (secondary N) is 1. The molecule has 0 spiro atoms. The van der Waals surface area contributed by atoms with Crippen LogP contribution >= 0.6 is 0 Å². The average Bonchev–Trinajstić information content (AvgIpc) is 2.45. The molecule has 22 heavy (non-hydrogen) atoms. The number of carbonyl (C=O) groups excluding carboxylic acids is 1. The maximum absolute atomic E-state index is 12.9. The molecule has 0 saturated carbocycles. The van der Waals surface area contributed by atoms with Crippen molar-refractivity contribution >= 4 is 26.8 Å². The Balaban J connectivity index is 2.11. The van der Waals surface area contributed by atoms with Gasteiger partial charge < -0.3 is 5.32 Å². The summed E-state index contributed by atoms with van der Waals surface area (Å²) in [6, 6.07) is 6.76. The number of rotatable bonds is 2. The average molecular weight is 319 g/mol. The zero-order valence-electron chi connectivity index (χ0n) is 12.4. The van der Waals surface area contributed by atoms with Gasteiger partial charge in [0.25, 0.3) is 0 Å². The predicted molar refractivity (Wildman–Crippen MR) is 82.8 cm³/mol. The number of hydrogen-bond donors (Lipinski definition) is 1. The van der Waals surface area contributed by atoms with E-state index in [9.17, 15) is 13.2 Å². The summed E-state index contributed by atoms with van der Waals surface area (Å²) in [6.07, 6.45) is 1.65. The third-order valence-electron chi connectivity index (χ3n) is 3.63. The van der Waals surface area contributed by atoms with Crippen LogP contribution in [0.2, 0.25) is 0 Å². The van der Waals surface area contributed by atoms with E-state index in [4.69, 9.17) is 0 Å². The normalized spacial score (nSPS) is 20.1. The zero-order chi connectivity index (χ0) is 15.9. The van der Waals surface area contributed by atoms with E-state index in [2.05, 4.69) is 10.3 Å². The van der Waals surface area contributed by atoms with Crippen molar-refractivity contribution < 1.29 is 13.2 Å². The van der Waals surface area contributed by atoms with Crippen molar-refractivity contribution in [3.8, 4) is 0 Å². The van der Waals surface area contributed by atoms with Crippen LogP contribution < -0.4 is 5.32 Å². The van der Waals surface area contributed by atoms with Gasteiger partial charge in [-0.05, 0) is 31.5 Å². The Kier molecular flexibility index (Phi) is 3.62. The van der Waals surface area contributed by atoms with E-state index in [1.54, 1.807) is 19.2 Å². The molecule has 2 heterocycles. The molecule has 3 rings (SSSR count). The minimum absolute atomic E-state index is 0.145. The Morgan fingerprint density at radius 1 is 1.36 bits per heavy atom. The van der Waals surface area contributed by atoms with Crippen molar-refractivity contribution in [2.75, 3.05) is 13.1 Å². The van der Waals surface area contributed by atoms with Crippen molar-refractivity contribution in [2.45, 2.75) is 24.8 Å². The van der Waals surface area contributed by atoms with Crippen molar-refractivity contribution in [2.24, 2.45) is 0 Å². The summed E-state index contributed by atoms with van der Waals surface area (Å²) < 4.78 is 27.0. The minimum atomic E-state index is -3.76. The summed E-state index contributed by atoms with van der Waals surface area (Å²) in [4.78, 5) is 16.1. The molecule has 1 aliphatic rings. The number of hydrogen-bond acceptors (Lipinski definition) is 4. The molecule has 1 aliphatic heterocycles. The monoisotopic (exact) mass is 319 g/mol. The molecule has 1 fully saturated rings. The molecule has 1 N–H and O–H groups in total. The highest BCUT2D eigenvalue weighted by atomic mass is 32.2. The van der Waals surface area contributed by atoms with Crippen LogP contribution in [0, 0.1) is 6.92 Å². The van der Waals surface area contributed by atoms with Crippen LogP contribution in [0.3, 0.4) is 0 Å². The number of pyridine rings is 1. The van der Waals surface area contributed by atoms with Gasteiger partial charge >= 0.3 is 0 Å². The van der Waals surface area contributed by atoms with E-state index in [0.717, 1.165) is 10.9 Å². The Bertz CT molecular complexity index is 848. The Morgan fingerprint density at radius 3 is 2.86 bits per heavy atom. The molecule has 1 aromatic heterocycles. The molecule has 0 aliphatic carbocycles. The molecule has 1 unspecified atom stereocenters. The van der Waals surface area contributed by atoms with Crippen LogP contribution in [-0.2, 0) is 14.8 Å². The van der Waals surface area contributed by atoms with Gasteiger partial charge in [-0.1, -0.05) is 12.1 Å². The van der Waals surface area contributed by atoms with Crippen LogP contribution in [0.1, 0.15) is 12.5 Å². The number of carbonyl (C=O) groups is 1. The van der Waals surface area contributed by atoms with Gasteiger partial charge in [0, 0.05) is 24.2 Å². The Hall–Kier alpha value is -1.99. The first-order chi connectivity index (χ1) is 10.4. The summed E-state index contributed by atoms with van der Waals surface area (Å²) in [5, 5.41) is 3.49. The van der Waals surface area contributed by atoms with E-state index >= 15 is 0 Å². The van der Waals surface area contributed by atoms with E-state index in [0.29, 0.717) is 5.52 Å². The van der Waals surface area contributed by atoms with Crippen LogP contribution in [-0.4, -0.2) is 42.7 Å². The first kappa shape index (κ1) is 14.9. The Labute approximate surface area is 129 Å². The van der Waals surface area contributed by atoms with Crippen LogP contribution in [0.4, 0.5) is 0 Å². The molecule has 1 aromatic carbocycles. The lowest BCUT2D eigenvalue weighted by Crippen LogP contribution is -2.54. The fourth-order valence-corrected chi connectivity index (χ4v) is 4.32. The summed E-state index contributed by atoms with van der Waals surface area (Å²) in [5.74, 6) is -0.286. The third-order valence-corrected chi connectivity index (χ3v) is 5.48. The summed E-state index contributed by atoms with van der Waals surface area (Å²) in [6.45, 7) is 3.79. The second-order valence-corrected chi connectivity index (χ2v) is 7.51. The fourth-order valence-electron chi connectivity index (χ4n) is 2.67. The number of aromatic nitrogens is 1. The summed E-state index contributed by atoms with van der Waals surface area (Å²) in [5.41, 5.74) is 1.40. The lowest BCUT2D eigenvalue weighted by atomic mass is 10.2. The van der Waals surface area contributed by atoms with Gasteiger partial charge in [-0.2, -0.15) is 4.31 Å². The van der Waals surface area contributed by atoms with Crippen LogP contribution in [0.15, 0.2) is 35.4 Å². The standard InChI is InChI=1S/C15H17N3O3S/c1-10-6-12-4-3-5-13(15(12)16-7-10)22(20,21)18-8-11(2)17-14(19)9-18/h3-7,11H,8-9H2,1-2H3,(H,17,19). The van der Waals surface area contributed by atoms with Gasteiger partial charge in [0.15, 0.2) is 0 Å². The number of sulfonamides is 1. The van der Waals surface area contributed by atoms with Crippen molar-refractivity contribution in [3.05, 3.63) is 36.0 Å². The molecule has 116 valence electrons. The molecular formula is C15H17N3O3S. The topological polar surface area (TPSA) is 79.4 Å². The maximum Gasteiger partial charge on any atom is 0.245 e. The van der Waals surface area contributed by atoms with E-state index < -0.39 is 10.0 Å². The van der Waals surface area contributed by atoms with Gasteiger partial charge in [-0.25, -0.2) is 8.42 Å². The number of piperazine rings is 1. The largest absolute Gasteiger partial charge is 0.351 e. The molecule has 1 saturated heterocycles. The highest BCUT2D eigenvalue weighted by molar-refractivity contribution is 7.89. The molecule has 7 heteroatoms. The highest BCUT2D eigenvalue weighted by Crippen LogP contribution is 2.25. The first-order valence-electron chi connectivity index (χ1n) is 7.03. The molecule has 1 atom stereocenters. The number of nitrogens with zero attached hydrogens (tertiary/aromatic N) is 2. The number of aryl methyl sites for hydroxylation is 1. The number of amides is 1. The minimum Gasteiger partial charge on any atom is -0.351 e. The molecule has 1 amide bonds. The molecular weight excluding hydrogens is 302 g/mol. The lowest BCUT2D eigenvalue weighted by Gasteiger charge is -2.30. The molecule has 0 radical (unpaired) electrons. The quantitative estimate of drug-likeness (QED) is 0.897. The summed E-state index contributed by atoms with van der Waals surface area (Å²) in [7, 11) is -3.76. The SMILES string of the molecule is Cc1cnc2c(S(=O)(=O)N3CC(=O)NC(C)C3)cccc2c1. The van der Waals surface area contributed by atoms with Gasteiger partial charge in [-0.3, -0.25) is 9.78 Å².